The number of benzene rings is 1. The van der Waals surface area contributed by atoms with E-state index in [1.54, 1.807) is 7.11 Å². The average molecular weight is 305 g/mol. The number of ether oxygens (including phenoxy) is 2. The molecule has 0 aliphatic carbocycles. The van der Waals surface area contributed by atoms with Crippen molar-refractivity contribution in [3.63, 3.8) is 0 Å². The van der Waals surface area contributed by atoms with Gasteiger partial charge in [-0.3, -0.25) is 4.90 Å². The molecule has 0 spiro atoms. The van der Waals surface area contributed by atoms with Crippen molar-refractivity contribution in [3.8, 4) is 12.3 Å². The highest BCUT2D eigenvalue weighted by Crippen LogP contribution is 2.13. The second-order valence-electron chi connectivity index (χ2n) is 5.53. The van der Waals surface area contributed by atoms with Crippen LogP contribution in [0.15, 0.2) is 18.2 Å². The normalized spacial score (nSPS) is 12.4. The first-order chi connectivity index (χ1) is 10.6. The molecule has 0 fully saturated rings. The number of aliphatic hydroxyl groups is 1. The van der Waals surface area contributed by atoms with Gasteiger partial charge in [-0.1, -0.05) is 29.7 Å². The molecule has 1 rings (SSSR count). The molecular weight excluding hydrogens is 278 g/mol. The third kappa shape index (κ3) is 7.06. The number of aliphatic hydroxyl groups excluding tert-OH is 1. The number of hydrogen-bond donors (Lipinski definition) is 1. The van der Waals surface area contributed by atoms with Crippen molar-refractivity contribution in [1.82, 2.24) is 4.90 Å². The molecule has 4 nitrogen and oxygen atoms in total. The van der Waals surface area contributed by atoms with E-state index in [4.69, 9.17) is 15.9 Å². The van der Waals surface area contributed by atoms with Gasteiger partial charge in [-0.2, -0.15) is 0 Å². The molecule has 4 heteroatoms. The lowest BCUT2D eigenvalue weighted by Crippen LogP contribution is -2.36. The van der Waals surface area contributed by atoms with E-state index in [2.05, 4.69) is 42.9 Å². The van der Waals surface area contributed by atoms with E-state index in [-0.39, 0.29) is 13.2 Å². The second kappa shape index (κ2) is 10.4. The molecule has 1 aromatic carbocycles. The minimum absolute atomic E-state index is 0.228. The highest BCUT2D eigenvalue weighted by Gasteiger charge is 2.13. The highest BCUT2D eigenvalue weighted by molar-refractivity contribution is 5.30. The summed E-state index contributed by atoms with van der Waals surface area (Å²) in [6, 6.07) is 6.43. The monoisotopic (exact) mass is 305 g/mol. The largest absolute Gasteiger partial charge is 0.389 e. The molecule has 22 heavy (non-hydrogen) atoms. The molecule has 0 bridgehead atoms. The lowest BCUT2D eigenvalue weighted by molar-refractivity contribution is 0.0207. The van der Waals surface area contributed by atoms with Gasteiger partial charge in [-0.25, -0.2) is 0 Å². The minimum atomic E-state index is -0.560. The highest BCUT2D eigenvalue weighted by atomic mass is 16.5. The van der Waals surface area contributed by atoms with Gasteiger partial charge in [-0.15, -0.1) is 6.42 Å². The number of terminal acetylenes is 1. The van der Waals surface area contributed by atoms with Crippen LogP contribution in [-0.4, -0.2) is 56.1 Å². The number of aryl methyl sites for hydroxylation is 2. The van der Waals surface area contributed by atoms with Gasteiger partial charge >= 0.3 is 0 Å². The molecule has 122 valence electrons. The van der Waals surface area contributed by atoms with Crippen molar-refractivity contribution in [3.05, 3.63) is 34.9 Å². The van der Waals surface area contributed by atoms with Crippen molar-refractivity contribution >= 4 is 0 Å². The maximum Gasteiger partial charge on any atom is 0.107 e. The van der Waals surface area contributed by atoms with Crippen molar-refractivity contribution in [2.75, 3.05) is 40.0 Å². The maximum absolute atomic E-state index is 10.1. The van der Waals surface area contributed by atoms with E-state index >= 15 is 0 Å². The summed E-state index contributed by atoms with van der Waals surface area (Å²) < 4.78 is 10.4. The van der Waals surface area contributed by atoms with Crippen LogP contribution in [0.1, 0.15) is 16.7 Å². The zero-order valence-electron chi connectivity index (χ0n) is 13.8. The van der Waals surface area contributed by atoms with E-state index in [9.17, 15) is 5.11 Å². The lowest BCUT2D eigenvalue weighted by Gasteiger charge is -2.25. The van der Waals surface area contributed by atoms with Gasteiger partial charge in [0, 0.05) is 26.7 Å². The number of hydrogen-bond acceptors (Lipinski definition) is 4. The molecule has 0 saturated heterocycles. The zero-order valence-corrected chi connectivity index (χ0v) is 13.8. The number of nitrogens with zero attached hydrogens (tertiary/aromatic N) is 1. The minimum Gasteiger partial charge on any atom is -0.389 e. The standard InChI is InChI=1S/C18H27NO3/c1-5-9-22-14-18(20)13-19(8-10-21-4)12-17-11-15(2)6-7-16(17)3/h1,6-7,11,18,20H,8-10,12-14H2,2-4H3. The topological polar surface area (TPSA) is 41.9 Å². The van der Waals surface area contributed by atoms with Gasteiger partial charge in [0.05, 0.1) is 19.3 Å². The Bertz CT molecular complexity index is 482. The van der Waals surface area contributed by atoms with Crippen LogP contribution < -0.4 is 0 Å². The number of rotatable bonds is 10. The van der Waals surface area contributed by atoms with Gasteiger partial charge in [0.25, 0.3) is 0 Å². The summed E-state index contributed by atoms with van der Waals surface area (Å²) in [6.45, 7) is 7.37. The Hall–Kier alpha value is -1.38. The fourth-order valence-corrected chi connectivity index (χ4v) is 2.27. The molecule has 1 N–H and O–H groups in total. The van der Waals surface area contributed by atoms with Gasteiger partial charge < -0.3 is 14.6 Å². The molecule has 0 aliphatic rings. The number of methoxy groups -OCH3 is 1. The molecule has 0 aromatic heterocycles. The predicted octanol–water partition coefficient (Wildman–Crippen LogP) is 1.76. The first kappa shape index (κ1) is 18.7. The predicted molar refractivity (Wildman–Crippen MR) is 88.7 cm³/mol. The third-order valence-electron chi connectivity index (χ3n) is 3.47. The van der Waals surface area contributed by atoms with Crippen LogP contribution in [0, 0.1) is 26.2 Å². The van der Waals surface area contributed by atoms with Crippen molar-refractivity contribution in [1.29, 1.82) is 0 Å². The molecule has 0 radical (unpaired) electrons. The molecule has 0 amide bonds. The summed E-state index contributed by atoms with van der Waals surface area (Å²) in [5.41, 5.74) is 3.77. The van der Waals surface area contributed by atoms with Gasteiger partial charge in [-0.05, 0) is 25.0 Å². The van der Waals surface area contributed by atoms with Crippen molar-refractivity contribution < 1.29 is 14.6 Å². The summed E-state index contributed by atoms with van der Waals surface area (Å²) in [6.07, 6.45) is 4.57. The van der Waals surface area contributed by atoms with Crippen molar-refractivity contribution in [2.24, 2.45) is 0 Å². The average Bonchev–Trinajstić information content (AvgIpc) is 2.48. The van der Waals surface area contributed by atoms with Crippen molar-refractivity contribution in [2.45, 2.75) is 26.5 Å². The van der Waals surface area contributed by atoms with Gasteiger partial charge in [0.15, 0.2) is 0 Å². The van der Waals surface area contributed by atoms with Gasteiger partial charge in [0.1, 0.15) is 6.61 Å². The molecule has 1 aromatic rings. The SMILES string of the molecule is C#CCOCC(O)CN(CCOC)Cc1cc(C)ccc1C. The quantitative estimate of drug-likeness (QED) is 0.528. The second-order valence-corrected chi connectivity index (χ2v) is 5.53. The van der Waals surface area contributed by atoms with E-state index in [0.717, 1.165) is 13.1 Å². The van der Waals surface area contributed by atoms with E-state index < -0.39 is 6.10 Å². The van der Waals surface area contributed by atoms with Crippen LogP contribution >= 0.6 is 0 Å². The molecule has 0 heterocycles. The van der Waals surface area contributed by atoms with Crippen LogP contribution in [-0.2, 0) is 16.0 Å². The van der Waals surface area contributed by atoms with Crippen LogP contribution in [0.25, 0.3) is 0 Å². The summed E-state index contributed by atoms with van der Waals surface area (Å²) in [5, 5.41) is 10.1. The summed E-state index contributed by atoms with van der Waals surface area (Å²) in [7, 11) is 1.68. The van der Waals surface area contributed by atoms with E-state index in [0.29, 0.717) is 13.2 Å². The summed E-state index contributed by atoms with van der Waals surface area (Å²) >= 11 is 0. The summed E-state index contributed by atoms with van der Waals surface area (Å²) in [5.74, 6) is 2.40. The zero-order chi connectivity index (χ0) is 16.4. The smallest absolute Gasteiger partial charge is 0.107 e. The lowest BCUT2D eigenvalue weighted by atomic mass is 10.1. The van der Waals surface area contributed by atoms with Crippen LogP contribution in [0.5, 0.6) is 0 Å². The Kier molecular flexibility index (Phi) is 8.79. The van der Waals surface area contributed by atoms with Crippen LogP contribution in [0.4, 0.5) is 0 Å². The van der Waals surface area contributed by atoms with E-state index in [1.165, 1.54) is 16.7 Å². The fourth-order valence-electron chi connectivity index (χ4n) is 2.27. The first-order valence-electron chi connectivity index (χ1n) is 7.53. The Morgan fingerprint density at radius 2 is 2.14 bits per heavy atom. The molecule has 0 aliphatic heterocycles. The summed E-state index contributed by atoms with van der Waals surface area (Å²) in [4.78, 5) is 2.18. The van der Waals surface area contributed by atoms with E-state index in [1.807, 2.05) is 0 Å². The van der Waals surface area contributed by atoms with Gasteiger partial charge in [0.2, 0.25) is 0 Å². The third-order valence-corrected chi connectivity index (χ3v) is 3.47. The molecule has 1 unspecified atom stereocenters. The Labute approximate surface area is 134 Å². The Balaban J connectivity index is 2.63. The molecular formula is C18H27NO3. The van der Waals surface area contributed by atoms with Crippen LogP contribution in [0.3, 0.4) is 0 Å². The Morgan fingerprint density at radius 1 is 1.36 bits per heavy atom. The maximum atomic E-state index is 10.1. The Morgan fingerprint density at radius 3 is 2.82 bits per heavy atom. The van der Waals surface area contributed by atoms with Crippen LogP contribution in [0.2, 0.25) is 0 Å². The molecule has 1 atom stereocenters. The first-order valence-corrected chi connectivity index (χ1v) is 7.53. The fraction of sp³-hybridized carbons (Fsp3) is 0.556. The molecule has 0 saturated carbocycles.